The van der Waals surface area contributed by atoms with Crippen LogP contribution in [0.5, 0.6) is 11.5 Å². The summed E-state index contributed by atoms with van der Waals surface area (Å²) in [5.41, 5.74) is 1.01. The van der Waals surface area contributed by atoms with Crippen molar-refractivity contribution in [2.75, 3.05) is 13.7 Å². The van der Waals surface area contributed by atoms with E-state index in [1.807, 2.05) is 31.2 Å². The minimum absolute atomic E-state index is 0.147. The number of hydrogen-bond acceptors (Lipinski definition) is 7. The second kappa shape index (κ2) is 9.24. The number of rotatable bonds is 7. The molecule has 2 aromatic rings. The number of amidine groups is 1. The normalized spacial score (nSPS) is 16.1. The van der Waals surface area contributed by atoms with Crippen LogP contribution in [0.15, 0.2) is 52.4 Å². The summed E-state index contributed by atoms with van der Waals surface area (Å²) in [5, 5.41) is 14.2. The number of carbonyl (C=O) groups is 1. The van der Waals surface area contributed by atoms with Crippen molar-refractivity contribution >= 4 is 40.3 Å². The van der Waals surface area contributed by atoms with Gasteiger partial charge < -0.3 is 14.8 Å². The third-order valence-corrected chi connectivity index (χ3v) is 4.80. The van der Waals surface area contributed by atoms with Gasteiger partial charge in [-0.15, -0.1) is 0 Å². The molecular weight excluding hydrogens is 394 g/mol. The van der Waals surface area contributed by atoms with Crippen LogP contribution in [0.4, 0.5) is 11.4 Å². The monoisotopic (exact) mass is 413 g/mol. The van der Waals surface area contributed by atoms with Crippen molar-refractivity contribution in [3.8, 4) is 11.5 Å². The molecule has 1 N–H and O–H groups in total. The Kier molecular flexibility index (Phi) is 6.50. The van der Waals surface area contributed by atoms with Crippen LogP contribution in [0.3, 0.4) is 0 Å². The molecule has 9 heteroatoms. The molecule has 0 atom stereocenters. The summed E-state index contributed by atoms with van der Waals surface area (Å²) in [4.78, 5) is 27.6. The van der Waals surface area contributed by atoms with Crippen LogP contribution >= 0.6 is 11.8 Å². The first-order valence-electron chi connectivity index (χ1n) is 8.85. The van der Waals surface area contributed by atoms with Crippen LogP contribution in [0, 0.1) is 10.1 Å². The van der Waals surface area contributed by atoms with Gasteiger partial charge in [-0.2, -0.15) is 0 Å². The Bertz CT molecular complexity index is 986. The van der Waals surface area contributed by atoms with E-state index in [1.54, 1.807) is 12.1 Å². The number of aliphatic imine (C=N–C) groups is 1. The van der Waals surface area contributed by atoms with Gasteiger partial charge in [-0.25, -0.2) is 4.99 Å². The smallest absolute Gasteiger partial charge is 0.313 e. The SMILES string of the molecule is CCCOc1ccc(/C=C2\SC(=Nc3ccc(OC)c([N+](=O)[O-])c3)NC2=O)cc1. The average Bonchev–Trinajstić information content (AvgIpc) is 3.06. The lowest BCUT2D eigenvalue weighted by molar-refractivity contribution is -0.385. The van der Waals surface area contributed by atoms with E-state index in [0.29, 0.717) is 22.4 Å². The Labute approximate surface area is 171 Å². The lowest BCUT2D eigenvalue weighted by Crippen LogP contribution is -2.19. The van der Waals surface area contributed by atoms with E-state index in [0.717, 1.165) is 17.7 Å². The molecule has 0 bridgehead atoms. The summed E-state index contributed by atoms with van der Waals surface area (Å²) in [6.45, 7) is 2.69. The minimum Gasteiger partial charge on any atom is -0.494 e. The fourth-order valence-corrected chi connectivity index (χ4v) is 3.36. The largest absolute Gasteiger partial charge is 0.494 e. The van der Waals surface area contributed by atoms with Crippen molar-refractivity contribution in [3.63, 3.8) is 0 Å². The van der Waals surface area contributed by atoms with E-state index < -0.39 is 4.92 Å². The number of nitrogens with one attached hydrogen (secondary N) is 1. The second-order valence-corrected chi connectivity index (χ2v) is 7.04. The molecule has 1 aliphatic rings. The van der Waals surface area contributed by atoms with E-state index in [9.17, 15) is 14.9 Å². The van der Waals surface area contributed by atoms with Crippen molar-refractivity contribution in [1.82, 2.24) is 5.32 Å². The number of carbonyl (C=O) groups excluding carboxylic acids is 1. The maximum Gasteiger partial charge on any atom is 0.313 e. The first kappa shape index (κ1) is 20.4. The Morgan fingerprint density at radius 1 is 1.24 bits per heavy atom. The van der Waals surface area contributed by atoms with E-state index >= 15 is 0 Å². The Hall–Kier alpha value is -3.33. The molecule has 29 heavy (non-hydrogen) atoms. The van der Waals surface area contributed by atoms with Gasteiger partial charge in [0.25, 0.3) is 5.91 Å². The first-order chi connectivity index (χ1) is 14.0. The van der Waals surface area contributed by atoms with Crippen LogP contribution in [-0.4, -0.2) is 29.7 Å². The van der Waals surface area contributed by atoms with E-state index in [-0.39, 0.29) is 17.3 Å². The highest BCUT2D eigenvalue weighted by molar-refractivity contribution is 8.18. The third kappa shape index (κ3) is 5.14. The van der Waals surface area contributed by atoms with Crippen molar-refractivity contribution in [2.45, 2.75) is 13.3 Å². The molecule has 0 unspecified atom stereocenters. The summed E-state index contributed by atoms with van der Waals surface area (Å²) in [6.07, 6.45) is 2.69. The lowest BCUT2D eigenvalue weighted by Gasteiger charge is -2.04. The standard InChI is InChI=1S/C20H19N3O5S/c1-3-10-28-15-7-4-13(5-8-15)11-18-19(24)22-20(29-18)21-14-6-9-17(27-2)16(12-14)23(25)26/h4-9,11-12H,3,10H2,1-2H3,(H,21,22,24)/b18-11-. The molecule has 150 valence electrons. The highest BCUT2D eigenvalue weighted by Crippen LogP contribution is 2.33. The van der Waals surface area contributed by atoms with Crippen molar-refractivity contribution in [1.29, 1.82) is 0 Å². The number of nitrogens with zero attached hydrogens (tertiary/aromatic N) is 2. The maximum absolute atomic E-state index is 12.2. The van der Waals surface area contributed by atoms with Crippen LogP contribution in [-0.2, 0) is 4.79 Å². The fraction of sp³-hybridized carbons (Fsp3) is 0.200. The molecule has 1 aliphatic heterocycles. The molecule has 3 rings (SSSR count). The summed E-state index contributed by atoms with van der Waals surface area (Å²) in [7, 11) is 1.36. The maximum atomic E-state index is 12.2. The lowest BCUT2D eigenvalue weighted by atomic mass is 10.2. The molecule has 1 amide bonds. The zero-order chi connectivity index (χ0) is 20.8. The van der Waals surface area contributed by atoms with Gasteiger partial charge >= 0.3 is 5.69 Å². The number of nitro groups is 1. The molecule has 0 saturated carbocycles. The number of nitro benzene ring substituents is 1. The number of benzene rings is 2. The van der Waals surface area contributed by atoms with Gasteiger partial charge in [-0.05, 0) is 54.1 Å². The third-order valence-electron chi connectivity index (χ3n) is 3.89. The topological polar surface area (TPSA) is 103 Å². The van der Waals surface area contributed by atoms with Crippen molar-refractivity contribution < 1.29 is 19.2 Å². The number of amides is 1. The zero-order valence-electron chi connectivity index (χ0n) is 15.9. The van der Waals surface area contributed by atoms with Gasteiger partial charge in [0.2, 0.25) is 0 Å². The van der Waals surface area contributed by atoms with E-state index in [2.05, 4.69) is 10.3 Å². The molecule has 0 aromatic heterocycles. The number of ether oxygens (including phenoxy) is 2. The number of hydrogen-bond donors (Lipinski definition) is 1. The van der Waals surface area contributed by atoms with Gasteiger partial charge in [0.05, 0.1) is 29.2 Å². The quantitative estimate of drug-likeness (QED) is 0.413. The number of methoxy groups -OCH3 is 1. The van der Waals surface area contributed by atoms with E-state index in [1.165, 1.54) is 31.0 Å². The fourth-order valence-electron chi connectivity index (χ4n) is 2.52. The van der Waals surface area contributed by atoms with Crippen molar-refractivity contribution in [3.05, 3.63) is 63.0 Å². The van der Waals surface area contributed by atoms with E-state index in [4.69, 9.17) is 9.47 Å². The summed E-state index contributed by atoms with van der Waals surface area (Å²) < 4.78 is 10.5. The highest BCUT2D eigenvalue weighted by atomic mass is 32.2. The summed E-state index contributed by atoms with van der Waals surface area (Å²) in [6, 6.07) is 11.8. The Morgan fingerprint density at radius 3 is 2.66 bits per heavy atom. The average molecular weight is 413 g/mol. The molecule has 1 saturated heterocycles. The Morgan fingerprint density at radius 2 is 2.00 bits per heavy atom. The van der Waals surface area contributed by atoms with Crippen LogP contribution in [0.25, 0.3) is 6.08 Å². The minimum atomic E-state index is -0.540. The van der Waals surface area contributed by atoms with Gasteiger partial charge in [-0.3, -0.25) is 14.9 Å². The van der Waals surface area contributed by atoms with Gasteiger partial charge in [0, 0.05) is 6.07 Å². The molecular formula is C20H19N3O5S. The molecule has 0 spiro atoms. The zero-order valence-corrected chi connectivity index (χ0v) is 16.7. The molecule has 1 heterocycles. The molecule has 0 aliphatic carbocycles. The van der Waals surface area contributed by atoms with Crippen LogP contribution in [0.2, 0.25) is 0 Å². The van der Waals surface area contributed by atoms with Crippen molar-refractivity contribution in [2.24, 2.45) is 4.99 Å². The Balaban J connectivity index is 1.77. The van der Waals surface area contributed by atoms with Crippen LogP contribution in [0.1, 0.15) is 18.9 Å². The van der Waals surface area contributed by atoms with Crippen LogP contribution < -0.4 is 14.8 Å². The van der Waals surface area contributed by atoms with Gasteiger partial charge in [-0.1, -0.05) is 19.1 Å². The number of thioether (sulfide) groups is 1. The molecule has 1 fully saturated rings. The molecule has 8 nitrogen and oxygen atoms in total. The first-order valence-corrected chi connectivity index (χ1v) is 9.66. The molecule has 0 radical (unpaired) electrons. The predicted molar refractivity (Wildman–Crippen MR) is 113 cm³/mol. The van der Waals surface area contributed by atoms with Gasteiger partial charge in [0.15, 0.2) is 10.9 Å². The second-order valence-electron chi connectivity index (χ2n) is 6.01. The predicted octanol–water partition coefficient (Wildman–Crippen LogP) is 4.28. The van der Waals surface area contributed by atoms with Gasteiger partial charge in [0.1, 0.15) is 5.75 Å². The summed E-state index contributed by atoms with van der Waals surface area (Å²) in [5.74, 6) is 0.651. The molecule has 2 aromatic carbocycles. The highest BCUT2D eigenvalue weighted by Gasteiger charge is 2.24. The summed E-state index contributed by atoms with van der Waals surface area (Å²) >= 11 is 1.17.